The molecular weight excluding hydrogens is 286 g/mol. The number of carbonyl (C=O) groups is 2. The van der Waals surface area contributed by atoms with E-state index in [4.69, 9.17) is 9.84 Å². The summed E-state index contributed by atoms with van der Waals surface area (Å²) in [5.74, 6) is -4.45. The van der Waals surface area contributed by atoms with E-state index in [1.54, 1.807) is 4.90 Å². The lowest BCUT2D eigenvalue weighted by atomic mass is 10.1. The zero-order valence-electron chi connectivity index (χ0n) is 11.1. The van der Waals surface area contributed by atoms with Crippen molar-refractivity contribution in [3.8, 4) is 0 Å². The predicted octanol–water partition coefficient (Wildman–Crippen LogP) is 0.616. The van der Waals surface area contributed by atoms with Crippen molar-refractivity contribution in [2.75, 3.05) is 37.7 Å². The molecule has 114 valence electrons. The molecular formula is C13H14F2N2O4. The van der Waals surface area contributed by atoms with Crippen LogP contribution in [0.15, 0.2) is 12.1 Å². The average Bonchev–Trinajstić information content (AvgIpc) is 2.45. The van der Waals surface area contributed by atoms with Crippen LogP contribution in [0.25, 0.3) is 0 Å². The third-order valence-electron chi connectivity index (χ3n) is 3.03. The van der Waals surface area contributed by atoms with Crippen LogP contribution < -0.4 is 10.2 Å². The summed E-state index contributed by atoms with van der Waals surface area (Å²) in [4.78, 5) is 23.7. The molecule has 1 aliphatic rings. The molecule has 0 unspecified atom stereocenters. The van der Waals surface area contributed by atoms with Crippen LogP contribution in [0.5, 0.6) is 0 Å². The number of amides is 1. The monoisotopic (exact) mass is 300 g/mol. The Morgan fingerprint density at radius 2 is 1.81 bits per heavy atom. The lowest BCUT2D eigenvalue weighted by molar-refractivity contribution is -0.135. The first kappa shape index (κ1) is 15.2. The van der Waals surface area contributed by atoms with Crippen LogP contribution in [0.3, 0.4) is 0 Å². The van der Waals surface area contributed by atoms with Crippen molar-refractivity contribution >= 4 is 17.6 Å². The van der Waals surface area contributed by atoms with Crippen molar-refractivity contribution in [2.45, 2.75) is 0 Å². The maximum absolute atomic E-state index is 13.9. The Labute approximate surface area is 119 Å². The Balaban J connectivity index is 2.20. The number of halogens is 2. The second kappa shape index (κ2) is 6.49. The van der Waals surface area contributed by atoms with Gasteiger partial charge in [0.1, 0.15) is 23.7 Å². The van der Waals surface area contributed by atoms with E-state index in [1.165, 1.54) is 0 Å². The van der Waals surface area contributed by atoms with Crippen molar-refractivity contribution < 1.29 is 28.2 Å². The Bertz CT molecular complexity index is 536. The van der Waals surface area contributed by atoms with Gasteiger partial charge in [0.2, 0.25) is 0 Å². The van der Waals surface area contributed by atoms with Crippen molar-refractivity contribution in [1.29, 1.82) is 0 Å². The van der Waals surface area contributed by atoms with E-state index in [-0.39, 0.29) is 0 Å². The number of morpholine rings is 1. The van der Waals surface area contributed by atoms with Gasteiger partial charge < -0.3 is 20.1 Å². The summed E-state index contributed by atoms with van der Waals surface area (Å²) >= 11 is 0. The molecule has 1 amide bonds. The third kappa shape index (κ3) is 3.66. The van der Waals surface area contributed by atoms with Crippen molar-refractivity contribution in [2.24, 2.45) is 0 Å². The van der Waals surface area contributed by atoms with Crippen LogP contribution in [0.4, 0.5) is 14.5 Å². The van der Waals surface area contributed by atoms with E-state index in [9.17, 15) is 18.4 Å². The van der Waals surface area contributed by atoms with Crippen molar-refractivity contribution in [3.05, 3.63) is 29.3 Å². The molecule has 2 rings (SSSR count). The topological polar surface area (TPSA) is 78.9 Å². The van der Waals surface area contributed by atoms with Gasteiger partial charge in [-0.15, -0.1) is 0 Å². The summed E-state index contributed by atoms with van der Waals surface area (Å²) < 4.78 is 33.0. The Kier molecular flexibility index (Phi) is 4.69. The number of hydrogen-bond acceptors (Lipinski definition) is 4. The largest absolute Gasteiger partial charge is 0.480 e. The molecule has 0 aliphatic carbocycles. The fraction of sp³-hybridized carbons (Fsp3) is 0.385. The van der Waals surface area contributed by atoms with E-state index in [0.717, 1.165) is 12.1 Å². The Morgan fingerprint density at radius 1 is 1.24 bits per heavy atom. The zero-order chi connectivity index (χ0) is 15.4. The van der Waals surface area contributed by atoms with Crippen molar-refractivity contribution in [3.63, 3.8) is 0 Å². The second-order valence-corrected chi connectivity index (χ2v) is 4.46. The smallest absolute Gasteiger partial charge is 0.322 e. The molecule has 1 heterocycles. The lowest BCUT2D eigenvalue weighted by Gasteiger charge is -2.29. The van der Waals surface area contributed by atoms with Gasteiger partial charge in [0.05, 0.1) is 13.2 Å². The number of carbonyl (C=O) groups excluding carboxylic acids is 1. The summed E-state index contributed by atoms with van der Waals surface area (Å²) in [5, 5.41) is 10.4. The van der Waals surface area contributed by atoms with Gasteiger partial charge in [-0.2, -0.15) is 0 Å². The first-order valence-corrected chi connectivity index (χ1v) is 6.31. The first-order chi connectivity index (χ1) is 9.99. The number of hydrogen-bond donors (Lipinski definition) is 2. The molecule has 1 aromatic rings. The molecule has 0 radical (unpaired) electrons. The number of aliphatic carboxylic acids is 1. The standard InChI is InChI=1S/C13H14F2N2O4/c14-9-5-8(17-1-3-21-4-2-17)6-10(15)12(9)13(20)16-7-11(18)19/h5-6H,1-4,7H2,(H,16,20)(H,18,19). The molecule has 0 aromatic heterocycles. The molecule has 0 bridgehead atoms. The number of anilines is 1. The molecule has 0 saturated carbocycles. The van der Waals surface area contributed by atoms with Gasteiger partial charge in [-0.1, -0.05) is 0 Å². The summed E-state index contributed by atoms with van der Waals surface area (Å²) in [7, 11) is 0. The molecule has 1 aromatic carbocycles. The van der Waals surface area contributed by atoms with Gasteiger partial charge in [0.15, 0.2) is 0 Å². The zero-order valence-corrected chi connectivity index (χ0v) is 11.1. The molecule has 0 spiro atoms. The molecule has 6 nitrogen and oxygen atoms in total. The summed E-state index contributed by atoms with van der Waals surface area (Å²) in [6, 6.07) is 2.12. The molecule has 1 saturated heterocycles. The number of ether oxygens (including phenoxy) is 1. The highest BCUT2D eigenvalue weighted by Crippen LogP contribution is 2.23. The normalized spacial score (nSPS) is 14.9. The van der Waals surface area contributed by atoms with E-state index in [0.29, 0.717) is 32.0 Å². The van der Waals surface area contributed by atoms with Gasteiger partial charge in [0, 0.05) is 18.8 Å². The van der Waals surface area contributed by atoms with Gasteiger partial charge >= 0.3 is 5.97 Å². The van der Waals surface area contributed by atoms with Crippen LogP contribution >= 0.6 is 0 Å². The van der Waals surface area contributed by atoms with Crippen LogP contribution in [0.2, 0.25) is 0 Å². The van der Waals surface area contributed by atoms with Crippen LogP contribution in [-0.4, -0.2) is 49.8 Å². The number of rotatable bonds is 4. The second-order valence-electron chi connectivity index (χ2n) is 4.46. The van der Waals surface area contributed by atoms with E-state index in [1.807, 2.05) is 5.32 Å². The molecule has 0 atom stereocenters. The van der Waals surface area contributed by atoms with Crippen LogP contribution in [-0.2, 0) is 9.53 Å². The maximum atomic E-state index is 13.9. The summed E-state index contributed by atoms with van der Waals surface area (Å²) in [6.45, 7) is 1.23. The number of carboxylic acids is 1. The Hall–Kier alpha value is -2.22. The molecule has 2 N–H and O–H groups in total. The SMILES string of the molecule is O=C(O)CNC(=O)c1c(F)cc(N2CCOCC2)cc1F. The summed E-state index contributed by atoms with van der Waals surface area (Å²) in [5.41, 5.74) is -0.462. The fourth-order valence-electron chi connectivity index (χ4n) is 2.03. The minimum absolute atomic E-state index is 0.322. The fourth-order valence-corrected chi connectivity index (χ4v) is 2.03. The van der Waals surface area contributed by atoms with Gasteiger partial charge in [-0.25, -0.2) is 8.78 Å². The molecule has 8 heteroatoms. The maximum Gasteiger partial charge on any atom is 0.322 e. The minimum Gasteiger partial charge on any atom is -0.480 e. The first-order valence-electron chi connectivity index (χ1n) is 6.31. The molecule has 1 fully saturated rings. The number of benzene rings is 1. The third-order valence-corrected chi connectivity index (χ3v) is 3.03. The highest BCUT2D eigenvalue weighted by molar-refractivity contribution is 5.96. The predicted molar refractivity (Wildman–Crippen MR) is 69.4 cm³/mol. The van der Waals surface area contributed by atoms with Crippen LogP contribution in [0.1, 0.15) is 10.4 Å². The van der Waals surface area contributed by atoms with E-state index < -0.39 is 35.6 Å². The van der Waals surface area contributed by atoms with Crippen molar-refractivity contribution in [1.82, 2.24) is 5.32 Å². The Morgan fingerprint density at radius 3 is 2.33 bits per heavy atom. The van der Waals surface area contributed by atoms with Gasteiger partial charge in [-0.05, 0) is 12.1 Å². The van der Waals surface area contributed by atoms with E-state index in [2.05, 4.69) is 0 Å². The van der Waals surface area contributed by atoms with E-state index >= 15 is 0 Å². The molecule has 1 aliphatic heterocycles. The highest BCUT2D eigenvalue weighted by Gasteiger charge is 2.21. The number of nitrogens with one attached hydrogen (secondary N) is 1. The number of carboxylic acid groups (broad SMARTS) is 1. The number of nitrogens with zero attached hydrogens (tertiary/aromatic N) is 1. The van der Waals surface area contributed by atoms with Crippen LogP contribution in [0, 0.1) is 11.6 Å². The lowest BCUT2D eigenvalue weighted by Crippen LogP contribution is -2.36. The highest BCUT2D eigenvalue weighted by atomic mass is 19.1. The van der Waals surface area contributed by atoms with Gasteiger partial charge in [-0.3, -0.25) is 9.59 Å². The average molecular weight is 300 g/mol. The minimum atomic E-state index is -1.30. The quantitative estimate of drug-likeness (QED) is 0.852. The summed E-state index contributed by atoms with van der Waals surface area (Å²) in [6.07, 6.45) is 0. The van der Waals surface area contributed by atoms with Gasteiger partial charge in [0.25, 0.3) is 5.91 Å². The molecule has 21 heavy (non-hydrogen) atoms.